The Morgan fingerprint density at radius 2 is 1.42 bits per heavy atom. The minimum Gasteiger partial charge on any atom is -0.410 e. The Bertz CT molecular complexity index is 820. The lowest BCUT2D eigenvalue weighted by molar-refractivity contribution is 0.146. The van der Waals surface area contributed by atoms with E-state index >= 15 is 0 Å². The van der Waals surface area contributed by atoms with Gasteiger partial charge >= 0.3 is 10.1 Å². The first-order valence-corrected chi connectivity index (χ1v) is 13.6. The number of rotatable bonds is 7. The molecule has 0 spiro atoms. The van der Waals surface area contributed by atoms with Crippen LogP contribution in [0.5, 0.6) is 5.75 Å². The molecule has 0 radical (unpaired) electrons. The molecule has 2 rings (SSSR count). The Kier molecular flexibility index (Phi) is 6.32. The smallest absolute Gasteiger partial charge is 0.339 e. The molecule has 0 heterocycles. The topological polar surface area (TPSA) is 52.6 Å². The van der Waals surface area contributed by atoms with E-state index in [2.05, 4.69) is 33.5 Å². The molecule has 1 atom stereocenters. The van der Waals surface area contributed by atoms with Crippen LogP contribution < -0.4 is 4.18 Å². The minimum atomic E-state index is -3.83. The van der Waals surface area contributed by atoms with Crippen molar-refractivity contribution in [2.45, 2.75) is 51.4 Å². The van der Waals surface area contributed by atoms with E-state index in [-0.39, 0.29) is 11.0 Å². The summed E-state index contributed by atoms with van der Waals surface area (Å²) in [7, 11) is -5.53. The molecule has 0 fully saturated rings. The Morgan fingerprint density at radius 1 is 0.885 bits per heavy atom. The number of benzene rings is 2. The lowest BCUT2D eigenvalue weighted by Gasteiger charge is -2.29. The van der Waals surface area contributed by atoms with E-state index in [1.165, 1.54) is 0 Å². The summed E-state index contributed by atoms with van der Waals surface area (Å²) in [5, 5.41) is 0. The Hall–Kier alpha value is -1.63. The van der Waals surface area contributed by atoms with Crippen molar-refractivity contribution in [1.82, 2.24) is 0 Å². The zero-order chi connectivity index (χ0) is 19.5. The van der Waals surface area contributed by atoms with Gasteiger partial charge in [0.2, 0.25) is 0 Å². The molecule has 0 aliphatic carbocycles. The highest BCUT2D eigenvalue weighted by Gasteiger charge is 2.25. The molecular weight excluding hydrogens is 364 g/mol. The van der Waals surface area contributed by atoms with Crippen molar-refractivity contribution in [3.63, 3.8) is 0 Å². The van der Waals surface area contributed by atoms with Crippen LogP contribution in [0.3, 0.4) is 0 Å². The van der Waals surface area contributed by atoms with Crippen LogP contribution in [0.4, 0.5) is 0 Å². The third-order valence-corrected chi connectivity index (χ3v) is 6.03. The fourth-order valence-corrected chi connectivity index (χ4v) is 4.66. The van der Waals surface area contributed by atoms with Gasteiger partial charge in [0.1, 0.15) is 10.6 Å². The maximum absolute atomic E-state index is 12.4. The third kappa shape index (κ3) is 5.69. The van der Waals surface area contributed by atoms with E-state index in [1.54, 1.807) is 36.4 Å². The Labute approximate surface area is 158 Å². The van der Waals surface area contributed by atoms with Crippen LogP contribution in [0.2, 0.25) is 19.6 Å². The van der Waals surface area contributed by atoms with Crippen LogP contribution in [-0.4, -0.2) is 16.7 Å². The molecule has 0 aromatic heterocycles. The third-order valence-electron chi connectivity index (χ3n) is 3.81. The summed E-state index contributed by atoms with van der Waals surface area (Å²) in [6.07, 6.45) is -0.00979. The maximum Gasteiger partial charge on any atom is 0.339 e. The first kappa shape index (κ1) is 20.7. The van der Waals surface area contributed by atoms with Crippen LogP contribution in [0.25, 0.3) is 0 Å². The second-order valence-electron chi connectivity index (χ2n) is 7.81. The largest absolute Gasteiger partial charge is 0.410 e. The first-order valence-electron chi connectivity index (χ1n) is 8.77. The Morgan fingerprint density at radius 3 is 1.88 bits per heavy atom. The second-order valence-corrected chi connectivity index (χ2v) is 13.8. The van der Waals surface area contributed by atoms with E-state index in [1.807, 2.05) is 19.1 Å². The highest BCUT2D eigenvalue weighted by atomic mass is 32.2. The van der Waals surface area contributed by atoms with Gasteiger partial charge in [0.25, 0.3) is 0 Å². The number of hydrogen-bond acceptors (Lipinski definition) is 4. The van der Waals surface area contributed by atoms with Crippen molar-refractivity contribution in [3.05, 3.63) is 59.7 Å². The second kappa shape index (κ2) is 7.94. The van der Waals surface area contributed by atoms with Crippen molar-refractivity contribution in [3.8, 4) is 5.75 Å². The standard InChI is InChI=1S/C20H28O4SSi/c1-15(2)20(24-26(4,5)6)17-9-11-18(12-10-17)23-25(21,22)19-13-7-16(3)8-14-19/h7-15,20H,1-6H3. The van der Waals surface area contributed by atoms with Crippen LogP contribution in [-0.2, 0) is 14.5 Å². The molecule has 0 N–H and O–H groups in total. The van der Waals surface area contributed by atoms with E-state index in [9.17, 15) is 8.42 Å². The zero-order valence-corrected chi connectivity index (χ0v) is 18.1. The zero-order valence-electron chi connectivity index (χ0n) is 16.3. The molecular formula is C20H28O4SSi. The van der Waals surface area contributed by atoms with E-state index in [4.69, 9.17) is 8.61 Å². The predicted octanol–water partition coefficient (Wildman–Crippen LogP) is 5.31. The van der Waals surface area contributed by atoms with Gasteiger partial charge in [-0.2, -0.15) is 8.42 Å². The molecule has 2 aromatic rings. The summed E-state index contributed by atoms with van der Waals surface area (Å²) in [6, 6.07) is 13.7. The maximum atomic E-state index is 12.4. The molecule has 0 aliphatic rings. The van der Waals surface area contributed by atoms with Gasteiger partial charge in [0.15, 0.2) is 8.32 Å². The summed E-state index contributed by atoms with van der Waals surface area (Å²) >= 11 is 0. The lowest BCUT2D eigenvalue weighted by atomic mass is 9.99. The minimum absolute atomic E-state index is 0.00979. The van der Waals surface area contributed by atoms with Gasteiger partial charge in [-0.1, -0.05) is 43.7 Å². The molecule has 6 heteroatoms. The summed E-state index contributed by atoms with van der Waals surface area (Å²) in [5.74, 6) is 0.620. The number of aryl methyl sites for hydroxylation is 1. The SMILES string of the molecule is Cc1ccc(S(=O)(=O)Oc2ccc(C(O[Si](C)(C)C)C(C)C)cc2)cc1. The predicted molar refractivity (Wildman–Crippen MR) is 107 cm³/mol. The average molecular weight is 393 g/mol. The highest BCUT2D eigenvalue weighted by molar-refractivity contribution is 7.87. The van der Waals surface area contributed by atoms with E-state index in [0.29, 0.717) is 11.7 Å². The van der Waals surface area contributed by atoms with Gasteiger partial charge in [-0.15, -0.1) is 0 Å². The fourth-order valence-electron chi connectivity index (χ4n) is 2.56. The van der Waals surface area contributed by atoms with Gasteiger partial charge in [-0.05, 0) is 62.3 Å². The van der Waals surface area contributed by atoms with Crippen LogP contribution in [0, 0.1) is 12.8 Å². The molecule has 26 heavy (non-hydrogen) atoms. The molecule has 0 aliphatic heterocycles. The monoisotopic (exact) mass is 392 g/mol. The van der Waals surface area contributed by atoms with Crippen LogP contribution >= 0.6 is 0 Å². The molecule has 1 unspecified atom stereocenters. The van der Waals surface area contributed by atoms with Crippen molar-refractivity contribution in [1.29, 1.82) is 0 Å². The first-order chi connectivity index (χ1) is 12.0. The van der Waals surface area contributed by atoms with Gasteiger partial charge < -0.3 is 8.61 Å². The Balaban J connectivity index is 2.19. The van der Waals surface area contributed by atoms with Gasteiger partial charge in [0, 0.05) is 0 Å². The quantitative estimate of drug-likeness (QED) is 0.473. The molecule has 4 nitrogen and oxygen atoms in total. The van der Waals surface area contributed by atoms with Crippen molar-refractivity contribution >= 4 is 18.4 Å². The lowest BCUT2D eigenvalue weighted by Crippen LogP contribution is -2.30. The van der Waals surface area contributed by atoms with Gasteiger partial charge in [-0.25, -0.2) is 0 Å². The van der Waals surface area contributed by atoms with E-state index < -0.39 is 18.4 Å². The summed E-state index contributed by atoms with van der Waals surface area (Å²) in [6.45, 7) is 12.6. The van der Waals surface area contributed by atoms with E-state index in [0.717, 1.165) is 11.1 Å². The summed E-state index contributed by atoms with van der Waals surface area (Å²) in [4.78, 5) is 0.147. The molecule has 0 saturated carbocycles. The average Bonchev–Trinajstić information content (AvgIpc) is 2.52. The molecule has 142 valence electrons. The molecule has 2 aromatic carbocycles. The highest BCUT2D eigenvalue weighted by Crippen LogP contribution is 2.31. The molecule has 0 saturated heterocycles. The van der Waals surface area contributed by atoms with Gasteiger partial charge in [0.05, 0.1) is 6.10 Å². The fraction of sp³-hybridized carbons (Fsp3) is 0.400. The number of hydrogen-bond donors (Lipinski definition) is 0. The molecule has 0 amide bonds. The summed E-state index contributed by atoms with van der Waals surface area (Å²) in [5.41, 5.74) is 2.03. The molecule has 0 bridgehead atoms. The van der Waals surface area contributed by atoms with Crippen LogP contribution in [0.15, 0.2) is 53.4 Å². The van der Waals surface area contributed by atoms with Crippen LogP contribution in [0.1, 0.15) is 31.1 Å². The summed E-state index contributed by atoms with van der Waals surface area (Å²) < 4.78 is 36.3. The van der Waals surface area contributed by atoms with Crippen molar-refractivity contribution in [2.24, 2.45) is 5.92 Å². The van der Waals surface area contributed by atoms with Crippen molar-refractivity contribution < 1.29 is 17.0 Å². The van der Waals surface area contributed by atoms with Crippen molar-refractivity contribution in [2.75, 3.05) is 0 Å². The van der Waals surface area contributed by atoms with Gasteiger partial charge in [-0.3, -0.25) is 0 Å². The normalized spacial score (nSPS) is 13.7.